The molecular weight excluding hydrogens is 276 g/mol. The molecule has 1 rings (SSSR count). The van der Waals surface area contributed by atoms with Gasteiger partial charge in [0.2, 0.25) is 0 Å². The fourth-order valence-electron chi connectivity index (χ4n) is 2.29. The highest BCUT2D eigenvalue weighted by atomic mass is 16.5. The van der Waals surface area contributed by atoms with E-state index in [9.17, 15) is 4.79 Å². The van der Waals surface area contributed by atoms with Crippen molar-refractivity contribution in [3.8, 4) is 0 Å². The van der Waals surface area contributed by atoms with E-state index in [1.165, 1.54) is 25.7 Å². The molecule has 1 aromatic carbocycles. The largest absolute Gasteiger partial charge is 0.465 e. The summed E-state index contributed by atoms with van der Waals surface area (Å²) in [6.07, 6.45) is 8.43. The van der Waals surface area contributed by atoms with Gasteiger partial charge in [-0.1, -0.05) is 51.2 Å². The maximum absolute atomic E-state index is 11.8. The third-order valence-corrected chi connectivity index (χ3v) is 3.77. The van der Waals surface area contributed by atoms with E-state index in [-0.39, 0.29) is 5.97 Å². The molecule has 1 aromatic rings. The van der Waals surface area contributed by atoms with Crippen LogP contribution in [0.3, 0.4) is 0 Å². The molecule has 4 heteroatoms. The Labute approximate surface area is 134 Å². The highest BCUT2D eigenvalue weighted by molar-refractivity contribution is 5.75. The van der Waals surface area contributed by atoms with Crippen LogP contribution in [0.5, 0.6) is 0 Å². The number of hydrogen-bond acceptors (Lipinski definition) is 4. The summed E-state index contributed by atoms with van der Waals surface area (Å²) in [7, 11) is 0. The lowest BCUT2D eigenvalue weighted by Crippen LogP contribution is -2.33. The molecule has 0 bridgehead atoms. The van der Waals surface area contributed by atoms with Crippen molar-refractivity contribution in [1.82, 2.24) is 0 Å². The Bertz CT molecular complexity index is 418. The van der Waals surface area contributed by atoms with E-state index >= 15 is 0 Å². The second-order valence-electron chi connectivity index (χ2n) is 5.82. The summed E-state index contributed by atoms with van der Waals surface area (Å²) in [4.78, 5) is 11.8. The molecule has 0 spiro atoms. The first-order valence-electron chi connectivity index (χ1n) is 8.40. The zero-order valence-corrected chi connectivity index (χ0v) is 13.7. The van der Waals surface area contributed by atoms with Gasteiger partial charge in [0.15, 0.2) is 0 Å². The van der Waals surface area contributed by atoms with Gasteiger partial charge in [-0.3, -0.25) is 4.79 Å². The van der Waals surface area contributed by atoms with Gasteiger partial charge in [-0.25, -0.2) is 0 Å². The molecule has 0 saturated carbocycles. The van der Waals surface area contributed by atoms with Crippen LogP contribution >= 0.6 is 0 Å². The van der Waals surface area contributed by atoms with Crippen molar-refractivity contribution in [3.63, 3.8) is 0 Å². The first kappa shape index (κ1) is 18.5. The molecular formula is C18H30N2O2. The molecule has 0 aliphatic rings. The smallest absolute Gasteiger partial charge is 0.322 e. The highest BCUT2D eigenvalue weighted by Crippen LogP contribution is 2.09. The van der Waals surface area contributed by atoms with Crippen LogP contribution in [0.2, 0.25) is 0 Å². The summed E-state index contributed by atoms with van der Waals surface area (Å²) < 4.78 is 5.23. The Morgan fingerprint density at radius 2 is 1.73 bits per heavy atom. The summed E-state index contributed by atoms with van der Waals surface area (Å²) in [5.41, 5.74) is 13.4. The van der Waals surface area contributed by atoms with Gasteiger partial charge >= 0.3 is 5.97 Å². The number of hydrogen-bond donors (Lipinski definition) is 2. The Kier molecular flexibility index (Phi) is 9.31. The number of ether oxygens (including phenoxy) is 1. The average molecular weight is 306 g/mol. The average Bonchev–Trinajstić information content (AvgIpc) is 2.53. The number of rotatable bonds is 11. The molecule has 0 amide bonds. The van der Waals surface area contributed by atoms with Crippen molar-refractivity contribution in [2.24, 2.45) is 5.73 Å². The predicted octanol–water partition coefficient (Wildman–Crippen LogP) is 3.43. The second kappa shape index (κ2) is 11.1. The predicted molar refractivity (Wildman–Crippen MR) is 91.5 cm³/mol. The summed E-state index contributed by atoms with van der Waals surface area (Å²) in [6, 6.07) is 7.10. The number of nitrogen functional groups attached to an aromatic ring is 1. The van der Waals surface area contributed by atoms with E-state index in [0.717, 1.165) is 30.5 Å². The minimum atomic E-state index is -0.544. The lowest BCUT2D eigenvalue weighted by atomic mass is 10.1. The third-order valence-electron chi connectivity index (χ3n) is 3.77. The lowest BCUT2D eigenvalue weighted by molar-refractivity contribution is -0.145. The van der Waals surface area contributed by atoms with Crippen LogP contribution in [0.15, 0.2) is 24.3 Å². The number of unbranched alkanes of at least 4 members (excludes halogenated alkanes) is 5. The molecule has 0 aliphatic carbocycles. The molecule has 4 N–H and O–H groups in total. The van der Waals surface area contributed by atoms with E-state index in [4.69, 9.17) is 16.2 Å². The standard InChI is InChI=1S/C18H30N2O2/c1-2-3-4-5-6-7-14-22-18(21)17(20)13-10-15-8-11-16(19)12-9-15/h8-9,11-12,17H,2-7,10,13-14,19-20H2,1H3. The SMILES string of the molecule is CCCCCCCCOC(=O)C(N)CCc1ccc(N)cc1. The first-order valence-corrected chi connectivity index (χ1v) is 8.40. The van der Waals surface area contributed by atoms with E-state index < -0.39 is 6.04 Å². The van der Waals surface area contributed by atoms with Gasteiger partial charge in [0.05, 0.1) is 6.61 Å². The van der Waals surface area contributed by atoms with Crippen molar-refractivity contribution in [2.75, 3.05) is 12.3 Å². The first-order chi connectivity index (χ1) is 10.6. The molecule has 0 heterocycles. The van der Waals surface area contributed by atoms with Crippen molar-refractivity contribution < 1.29 is 9.53 Å². The molecule has 124 valence electrons. The molecule has 0 saturated heterocycles. The molecule has 0 aromatic heterocycles. The van der Waals surface area contributed by atoms with Crippen LogP contribution in [0.4, 0.5) is 5.69 Å². The number of carbonyl (C=O) groups is 1. The third kappa shape index (κ3) is 8.03. The molecule has 0 aliphatic heterocycles. The van der Waals surface area contributed by atoms with Crippen LogP contribution < -0.4 is 11.5 Å². The number of nitrogens with two attached hydrogens (primary N) is 2. The van der Waals surface area contributed by atoms with Gasteiger partial charge in [-0.05, 0) is 37.0 Å². The number of carbonyl (C=O) groups excluding carboxylic acids is 1. The van der Waals surface area contributed by atoms with Crippen LogP contribution in [0.1, 0.15) is 57.4 Å². The van der Waals surface area contributed by atoms with Crippen LogP contribution in [-0.2, 0) is 16.0 Å². The zero-order chi connectivity index (χ0) is 16.2. The summed E-state index contributed by atoms with van der Waals surface area (Å²) in [5, 5.41) is 0. The van der Waals surface area contributed by atoms with Crippen molar-refractivity contribution in [2.45, 2.75) is 64.3 Å². The van der Waals surface area contributed by atoms with Gasteiger partial charge in [0.25, 0.3) is 0 Å². The quantitative estimate of drug-likeness (QED) is 0.373. The molecule has 0 fully saturated rings. The number of esters is 1. The Morgan fingerprint density at radius 1 is 1.09 bits per heavy atom. The Hall–Kier alpha value is -1.55. The van der Waals surface area contributed by atoms with E-state index in [1.54, 1.807) is 0 Å². The minimum Gasteiger partial charge on any atom is -0.465 e. The van der Waals surface area contributed by atoms with Crippen LogP contribution in [-0.4, -0.2) is 18.6 Å². The molecule has 1 atom stereocenters. The second-order valence-corrected chi connectivity index (χ2v) is 5.82. The molecule has 1 unspecified atom stereocenters. The van der Waals surface area contributed by atoms with Gasteiger partial charge in [0, 0.05) is 5.69 Å². The number of benzene rings is 1. The van der Waals surface area contributed by atoms with Gasteiger partial charge in [-0.15, -0.1) is 0 Å². The minimum absolute atomic E-state index is 0.288. The summed E-state index contributed by atoms with van der Waals surface area (Å²) >= 11 is 0. The highest BCUT2D eigenvalue weighted by Gasteiger charge is 2.14. The fourth-order valence-corrected chi connectivity index (χ4v) is 2.29. The zero-order valence-electron chi connectivity index (χ0n) is 13.7. The van der Waals surface area contributed by atoms with Crippen LogP contribution in [0, 0.1) is 0 Å². The maximum Gasteiger partial charge on any atom is 0.322 e. The summed E-state index contributed by atoms with van der Waals surface area (Å²) in [5.74, 6) is -0.288. The van der Waals surface area contributed by atoms with E-state index in [0.29, 0.717) is 13.0 Å². The van der Waals surface area contributed by atoms with Gasteiger partial charge in [0.1, 0.15) is 6.04 Å². The monoisotopic (exact) mass is 306 g/mol. The van der Waals surface area contributed by atoms with Gasteiger partial charge < -0.3 is 16.2 Å². The Morgan fingerprint density at radius 3 is 2.41 bits per heavy atom. The maximum atomic E-state index is 11.8. The number of anilines is 1. The number of aryl methyl sites for hydroxylation is 1. The summed E-state index contributed by atoms with van der Waals surface area (Å²) in [6.45, 7) is 2.69. The topological polar surface area (TPSA) is 78.3 Å². The van der Waals surface area contributed by atoms with E-state index in [1.807, 2.05) is 24.3 Å². The van der Waals surface area contributed by atoms with Crippen LogP contribution in [0.25, 0.3) is 0 Å². The molecule has 0 radical (unpaired) electrons. The van der Waals surface area contributed by atoms with E-state index in [2.05, 4.69) is 6.92 Å². The molecule has 4 nitrogen and oxygen atoms in total. The fraction of sp³-hybridized carbons (Fsp3) is 0.611. The van der Waals surface area contributed by atoms with Crippen molar-refractivity contribution >= 4 is 11.7 Å². The Balaban J connectivity index is 2.10. The van der Waals surface area contributed by atoms with Gasteiger partial charge in [-0.2, -0.15) is 0 Å². The van der Waals surface area contributed by atoms with Crippen molar-refractivity contribution in [3.05, 3.63) is 29.8 Å². The lowest BCUT2D eigenvalue weighted by Gasteiger charge is -2.11. The normalized spacial score (nSPS) is 12.1. The molecule has 22 heavy (non-hydrogen) atoms. The van der Waals surface area contributed by atoms with Crippen molar-refractivity contribution in [1.29, 1.82) is 0 Å².